The molecule has 0 N–H and O–H groups in total. The maximum Gasteiger partial charge on any atom is 0.435 e. The van der Waals surface area contributed by atoms with Gasteiger partial charge in [-0.1, -0.05) is 17.7 Å². The molecule has 0 unspecified atom stereocenters. The Labute approximate surface area is 77.6 Å². The highest BCUT2D eigenvalue weighted by molar-refractivity contribution is 6.25. The highest BCUT2D eigenvalue weighted by Crippen LogP contribution is 2.27. The average molecular weight is 211 g/mol. The highest BCUT2D eigenvalue weighted by Gasteiger charge is 2.33. The maximum absolute atomic E-state index is 12.0. The Kier molecular flexibility index (Phi) is 2.98. The molecule has 6 heteroatoms. The van der Waals surface area contributed by atoms with E-state index in [9.17, 15) is 13.2 Å². The third-order valence-corrected chi connectivity index (χ3v) is 1.49. The molecule has 0 aliphatic carbocycles. The van der Waals surface area contributed by atoms with Crippen LogP contribution in [0, 0.1) is 0 Å². The van der Waals surface area contributed by atoms with E-state index in [2.05, 4.69) is 5.10 Å². The summed E-state index contributed by atoms with van der Waals surface area (Å²) < 4.78 is 37.2. The van der Waals surface area contributed by atoms with Gasteiger partial charge in [0.2, 0.25) is 0 Å². The molecule has 0 amide bonds. The number of halogens is 4. The minimum absolute atomic E-state index is 0.236. The van der Waals surface area contributed by atoms with Crippen molar-refractivity contribution in [3.8, 4) is 0 Å². The fourth-order valence-electron chi connectivity index (χ4n) is 0.762. The lowest BCUT2D eigenvalue weighted by molar-refractivity contribution is -0.141. The van der Waals surface area contributed by atoms with Gasteiger partial charge in [-0.2, -0.15) is 18.3 Å². The molecule has 0 aliphatic heterocycles. The van der Waals surface area contributed by atoms with E-state index >= 15 is 0 Å². The quantitative estimate of drug-likeness (QED) is 0.734. The Hall–Kier alpha value is -0.970. The zero-order chi connectivity index (χ0) is 9.90. The van der Waals surface area contributed by atoms with Crippen LogP contribution in [0.15, 0.2) is 23.9 Å². The van der Waals surface area contributed by atoms with Gasteiger partial charge in [-0.15, -0.1) is 0 Å². The van der Waals surface area contributed by atoms with E-state index in [0.29, 0.717) is 0 Å². The molecule has 72 valence electrons. The first-order chi connectivity index (χ1) is 6.04. The van der Waals surface area contributed by atoms with E-state index in [1.165, 1.54) is 17.8 Å². The van der Waals surface area contributed by atoms with E-state index in [1.807, 2.05) is 0 Å². The van der Waals surface area contributed by atoms with Crippen molar-refractivity contribution < 1.29 is 13.2 Å². The highest BCUT2D eigenvalue weighted by atomic mass is 35.5. The van der Waals surface area contributed by atoms with E-state index in [-0.39, 0.29) is 6.54 Å². The molecular formula is C7H6ClF3N2. The van der Waals surface area contributed by atoms with Crippen molar-refractivity contribution in [3.05, 3.63) is 29.6 Å². The van der Waals surface area contributed by atoms with Crippen molar-refractivity contribution in [1.29, 1.82) is 0 Å². The third kappa shape index (κ3) is 2.77. The number of allylic oxidation sites excluding steroid dienone is 1. The molecule has 0 saturated heterocycles. The lowest BCUT2D eigenvalue weighted by Crippen LogP contribution is -2.07. The number of nitrogens with zero attached hydrogens (tertiary/aromatic N) is 2. The summed E-state index contributed by atoms with van der Waals surface area (Å²) in [6.07, 6.45) is -1.63. The molecule has 1 aromatic heterocycles. The topological polar surface area (TPSA) is 17.8 Å². The molecule has 0 radical (unpaired) electrons. The Balaban J connectivity index is 2.75. The van der Waals surface area contributed by atoms with E-state index < -0.39 is 11.9 Å². The van der Waals surface area contributed by atoms with Gasteiger partial charge in [0.25, 0.3) is 0 Å². The molecule has 2 nitrogen and oxygen atoms in total. The zero-order valence-corrected chi connectivity index (χ0v) is 7.18. The summed E-state index contributed by atoms with van der Waals surface area (Å²) in [5, 5.41) is 3.30. The molecule has 0 aliphatic rings. The summed E-state index contributed by atoms with van der Waals surface area (Å²) in [7, 11) is 0. The van der Waals surface area contributed by atoms with Crippen LogP contribution in [0.5, 0.6) is 0 Å². The van der Waals surface area contributed by atoms with Crippen LogP contribution in [0.1, 0.15) is 5.69 Å². The second-order valence-corrected chi connectivity index (χ2v) is 2.53. The van der Waals surface area contributed by atoms with Gasteiger partial charge in [-0.05, 0) is 6.07 Å². The number of aromatic nitrogens is 2. The van der Waals surface area contributed by atoms with E-state index in [1.54, 1.807) is 0 Å². The van der Waals surface area contributed by atoms with Crippen molar-refractivity contribution in [2.75, 3.05) is 0 Å². The van der Waals surface area contributed by atoms with Crippen molar-refractivity contribution in [1.82, 2.24) is 9.78 Å². The van der Waals surface area contributed by atoms with Gasteiger partial charge < -0.3 is 0 Å². The molecule has 0 saturated carbocycles. The van der Waals surface area contributed by atoms with Crippen LogP contribution in [0.25, 0.3) is 0 Å². The van der Waals surface area contributed by atoms with Crippen LogP contribution < -0.4 is 0 Å². The molecule has 0 atom stereocenters. The van der Waals surface area contributed by atoms with Gasteiger partial charge in [-0.25, -0.2) is 0 Å². The van der Waals surface area contributed by atoms with Gasteiger partial charge in [-0.3, -0.25) is 4.68 Å². The summed E-state index contributed by atoms with van der Waals surface area (Å²) in [6.45, 7) is 0.236. The van der Waals surface area contributed by atoms with E-state index in [4.69, 9.17) is 11.6 Å². The predicted molar refractivity (Wildman–Crippen MR) is 42.2 cm³/mol. The molecule has 13 heavy (non-hydrogen) atoms. The first kappa shape index (κ1) is 10.1. The molecular weight excluding hydrogens is 205 g/mol. The Bertz CT molecular complexity index is 303. The molecule has 0 fully saturated rings. The number of rotatable bonds is 2. The Morgan fingerprint density at radius 2 is 2.23 bits per heavy atom. The lowest BCUT2D eigenvalue weighted by Gasteiger charge is -2.00. The van der Waals surface area contributed by atoms with Crippen LogP contribution in [-0.4, -0.2) is 9.78 Å². The van der Waals surface area contributed by atoms with Crippen molar-refractivity contribution in [3.63, 3.8) is 0 Å². The first-order valence-electron chi connectivity index (χ1n) is 3.40. The minimum Gasteiger partial charge on any atom is -0.268 e. The second kappa shape index (κ2) is 3.83. The third-order valence-electron chi connectivity index (χ3n) is 1.31. The molecule has 1 rings (SSSR count). The van der Waals surface area contributed by atoms with Crippen LogP contribution in [-0.2, 0) is 12.7 Å². The van der Waals surface area contributed by atoms with Gasteiger partial charge in [0, 0.05) is 11.7 Å². The SMILES string of the molecule is FC(F)(F)c1ccn(C/C=C/Cl)n1. The smallest absolute Gasteiger partial charge is 0.268 e. The van der Waals surface area contributed by atoms with Crippen LogP contribution in [0.4, 0.5) is 13.2 Å². The summed E-state index contributed by atoms with van der Waals surface area (Å²) in [6, 6.07) is 0.919. The molecule has 0 aromatic carbocycles. The number of alkyl halides is 3. The summed E-state index contributed by atoms with van der Waals surface area (Å²) in [5.74, 6) is 0. The summed E-state index contributed by atoms with van der Waals surface area (Å²) >= 11 is 5.20. The number of hydrogen-bond acceptors (Lipinski definition) is 1. The van der Waals surface area contributed by atoms with Crippen molar-refractivity contribution >= 4 is 11.6 Å². The van der Waals surface area contributed by atoms with Crippen molar-refractivity contribution in [2.45, 2.75) is 12.7 Å². The van der Waals surface area contributed by atoms with Crippen molar-refractivity contribution in [2.24, 2.45) is 0 Å². The molecule has 1 aromatic rings. The van der Waals surface area contributed by atoms with Crippen LogP contribution in [0.2, 0.25) is 0 Å². The van der Waals surface area contributed by atoms with Gasteiger partial charge in [0.15, 0.2) is 5.69 Å². The lowest BCUT2D eigenvalue weighted by atomic mass is 10.4. The monoisotopic (exact) mass is 210 g/mol. The Morgan fingerprint density at radius 1 is 1.54 bits per heavy atom. The first-order valence-corrected chi connectivity index (χ1v) is 3.83. The van der Waals surface area contributed by atoms with Crippen LogP contribution in [0.3, 0.4) is 0 Å². The molecule has 0 bridgehead atoms. The second-order valence-electron chi connectivity index (χ2n) is 2.28. The maximum atomic E-state index is 12.0. The van der Waals surface area contributed by atoms with Gasteiger partial charge in [0.05, 0.1) is 6.54 Å². The minimum atomic E-state index is -4.38. The fraction of sp³-hybridized carbons (Fsp3) is 0.286. The van der Waals surface area contributed by atoms with Gasteiger partial charge >= 0.3 is 6.18 Å². The summed E-state index contributed by atoms with van der Waals surface area (Å²) in [4.78, 5) is 0. The summed E-state index contributed by atoms with van der Waals surface area (Å²) in [5.41, 5.74) is 0.338. The largest absolute Gasteiger partial charge is 0.435 e. The van der Waals surface area contributed by atoms with Gasteiger partial charge in [0.1, 0.15) is 0 Å². The molecule has 1 heterocycles. The standard InChI is InChI=1S/C7H6ClF3N2/c8-3-1-4-13-5-2-6(12-13)7(9,10)11/h1-3,5H,4H2/b3-1+. The fourth-order valence-corrected chi connectivity index (χ4v) is 0.842. The average Bonchev–Trinajstić information content (AvgIpc) is 2.47. The normalized spacial score (nSPS) is 12.6. The van der Waals surface area contributed by atoms with Crippen LogP contribution >= 0.6 is 11.6 Å². The Morgan fingerprint density at radius 3 is 2.69 bits per heavy atom. The molecule has 0 spiro atoms. The number of hydrogen-bond donors (Lipinski definition) is 0. The van der Waals surface area contributed by atoms with E-state index in [0.717, 1.165) is 10.7 Å². The predicted octanol–water partition coefficient (Wildman–Crippen LogP) is 2.65. The zero-order valence-electron chi connectivity index (χ0n) is 6.42.